The van der Waals surface area contributed by atoms with E-state index in [0.29, 0.717) is 11.8 Å². The second kappa shape index (κ2) is 6.33. The minimum Gasteiger partial charge on any atom is -0.237 e. The Morgan fingerprint density at radius 3 is 2.73 bits per heavy atom. The lowest BCUT2D eigenvalue weighted by molar-refractivity contribution is 0.749. The van der Waals surface area contributed by atoms with E-state index < -0.39 is 0 Å². The Bertz CT molecular complexity index is 315. The van der Waals surface area contributed by atoms with Crippen LogP contribution in [0, 0.1) is 12.8 Å². The molecule has 0 unspecified atom stereocenters. The maximum Gasteiger partial charge on any atom is 0.138 e. The molecule has 0 radical (unpaired) electrons. The summed E-state index contributed by atoms with van der Waals surface area (Å²) >= 11 is 7.63. The third kappa shape index (κ3) is 4.85. The molecule has 0 aliphatic heterocycles. The van der Waals surface area contributed by atoms with Crippen molar-refractivity contribution < 1.29 is 0 Å². The molecule has 1 aromatic heterocycles. The highest BCUT2D eigenvalue weighted by Crippen LogP contribution is 2.14. The van der Waals surface area contributed by atoms with E-state index in [-0.39, 0.29) is 0 Å². The number of aromatic nitrogens is 2. The number of halogens is 1. The Morgan fingerprint density at radius 1 is 1.40 bits per heavy atom. The second-order valence-corrected chi connectivity index (χ2v) is 5.26. The Morgan fingerprint density at radius 2 is 2.13 bits per heavy atom. The van der Waals surface area contributed by atoms with E-state index in [4.69, 9.17) is 11.6 Å². The average Bonchev–Trinajstić information content (AvgIpc) is 2.16. The van der Waals surface area contributed by atoms with Crippen molar-refractivity contribution in [1.82, 2.24) is 9.97 Å². The monoisotopic (exact) mass is 244 g/mol. The molecule has 2 nitrogen and oxygen atoms in total. The first-order valence-corrected chi connectivity index (χ1v) is 6.78. The van der Waals surface area contributed by atoms with Gasteiger partial charge in [-0.15, -0.1) is 11.6 Å². The predicted octanol–water partition coefficient (Wildman–Crippen LogP) is 3.41. The predicted molar refractivity (Wildman–Crippen MR) is 67.3 cm³/mol. The zero-order valence-electron chi connectivity index (χ0n) is 9.46. The van der Waals surface area contributed by atoms with E-state index in [1.165, 1.54) is 0 Å². The van der Waals surface area contributed by atoms with Gasteiger partial charge in [0.25, 0.3) is 0 Å². The fourth-order valence-electron chi connectivity index (χ4n) is 1.22. The summed E-state index contributed by atoms with van der Waals surface area (Å²) in [5.74, 6) is 4.10. The zero-order chi connectivity index (χ0) is 11.3. The largest absolute Gasteiger partial charge is 0.237 e. The van der Waals surface area contributed by atoms with E-state index in [0.717, 1.165) is 28.7 Å². The Balaban J connectivity index is 2.56. The van der Waals surface area contributed by atoms with Gasteiger partial charge in [0.2, 0.25) is 0 Å². The molecule has 1 rings (SSSR count). The molecule has 0 N–H and O–H groups in total. The van der Waals surface area contributed by atoms with Gasteiger partial charge < -0.3 is 0 Å². The first kappa shape index (κ1) is 12.8. The minimum atomic E-state index is 0.463. The van der Waals surface area contributed by atoms with Crippen LogP contribution in [0.15, 0.2) is 6.07 Å². The van der Waals surface area contributed by atoms with E-state index in [1.54, 1.807) is 0 Å². The molecule has 1 heterocycles. The van der Waals surface area contributed by atoms with Crippen molar-refractivity contribution in [2.45, 2.75) is 32.4 Å². The van der Waals surface area contributed by atoms with Crippen LogP contribution in [0.3, 0.4) is 0 Å². The van der Waals surface area contributed by atoms with Crippen LogP contribution in [0.5, 0.6) is 0 Å². The molecule has 0 aliphatic rings. The first-order valence-electron chi connectivity index (χ1n) is 5.09. The molecule has 15 heavy (non-hydrogen) atoms. The molecule has 0 atom stereocenters. The van der Waals surface area contributed by atoms with Gasteiger partial charge in [-0.25, -0.2) is 9.97 Å². The first-order chi connectivity index (χ1) is 7.11. The summed E-state index contributed by atoms with van der Waals surface area (Å²) in [5, 5.41) is 0. The summed E-state index contributed by atoms with van der Waals surface area (Å²) in [5.41, 5.74) is 1.92. The highest BCUT2D eigenvalue weighted by atomic mass is 35.5. The maximum absolute atomic E-state index is 5.76. The van der Waals surface area contributed by atoms with Crippen LogP contribution in [0.25, 0.3) is 0 Å². The molecule has 0 spiro atoms. The standard InChI is InChI=1S/C11H17ClN2S/c1-8(2)6-15-7-11-13-9(3)4-10(5-12)14-11/h4,8H,5-7H2,1-3H3. The van der Waals surface area contributed by atoms with E-state index in [2.05, 4.69) is 23.8 Å². The van der Waals surface area contributed by atoms with Crippen LogP contribution in [0.1, 0.15) is 31.1 Å². The van der Waals surface area contributed by atoms with Crippen molar-refractivity contribution in [3.05, 3.63) is 23.3 Å². The highest BCUT2D eigenvalue weighted by molar-refractivity contribution is 7.98. The quantitative estimate of drug-likeness (QED) is 0.743. The lowest BCUT2D eigenvalue weighted by Gasteiger charge is -2.05. The van der Waals surface area contributed by atoms with Crippen LogP contribution in [-0.2, 0) is 11.6 Å². The summed E-state index contributed by atoms with van der Waals surface area (Å²) in [7, 11) is 0. The zero-order valence-corrected chi connectivity index (χ0v) is 11.0. The summed E-state index contributed by atoms with van der Waals surface area (Å²) < 4.78 is 0. The molecule has 1 aromatic rings. The molecule has 0 aromatic carbocycles. The van der Waals surface area contributed by atoms with Crippen molar-refractivity contribution in [3.8, 4) is 0 Å². The Hall–Kier alpha value is -0.280. The summed E-state index contributed by atoms with van der Waals surface area (Å²) in [6, 6.07) is 1.93. The van der Waals surface area contributed by atoms with E-state index in [1.807, 2.05) is 24.8 Å². The summed E-state index contributed by atoms with van der Waals surface area (Å²) in [6.45, 7) is 6.41. The summed E-state index contributed by atoms with van der Waals surface area (Å²) in [6.07, 6.45) is 0. The van der Waals surface area contributed by atoms with Crippen molar-refractivity contribution >= 4 is 23.4 Å². The van der Waals surface area contributed by atoms with Crippen LogP contribution >= 0.6 is 23.4 Å². The fourth-order valence-corrected chi connectivity index (χ4v) is 2.26. The number of nitrogens with zero attached hydrogens (tertiary/aromatic N) is 2. The lowest BCUT2D eigenvalue weighted by Crippen LogP contribution is -2.00. The van der Waals surface area contributed by atoms with Crippen molar-refractivity contribution in [3.63, 3.8) is 0 Å². The number of thioether (sulfide) groups is 1. The van der Waals surface area contributed by atoms with Crippen LogP contribution in [0.2, 0.25) is 0 Å². The molecular weight excluding hydrogens is 228 g/mol. The van der Waals surface area contributed by atoms with Gasteiger partial charge in [-0.3, -0.25) is 0 Å². The van der Waals surface area contributed by atoms with Gasteiger partial charge in [0, 0.05) is 5.69 Å². The normalized spacial score (nSPS) is 11.0. The third-order valence-electron chi connectivity index (χ3n) is 1.77. The molecule has 0 saturated heterocycles. The van der Waals surface area contributed by atoms with Gasteiger partial charge in [-0.2, -0.15) is 11.8 Å². The van der Waals surface area contributed by atoms with Gasteiger partial charge in [-0.1, -0.05) is 13.8 Å². The van der Waals surface area contributed by atoms with Gasteiger partial charge >= 0.3 is 0 Å². The number of hydrogen-bond donors (Lipinski definition) is 0. The fraction of sp³-hybridized carbons (Fsp3) is 0.636. The number of alkyl halides is 1. The van der Waals surface area contributed by atoms with Gasteiger partial charge in [0.05, 0.1) is 17.3 Å². The maximum atomic E-state index is 5.76. The van der Waals surface area contributed by atoms with Crippen LogP contribution in [-0.4, -0.2) is 15.7 Å². The topological polar surface area (TPSA) is 25.8 Å². The van der Waals surface area contributed by atoms with Crippen LogP contribution < -0.4 is 0 Å². The highest BCUT2D eigenvalue weighted by Gasteiger charge is 2.02. The molecule has 0 aliphatic carbocycles. The minimum absolute atomic E-state index is 0.463. The molecule has 4 heteroatoms. The number of rotatable bonds is 5. The van der Waals surface area contributed by atoms with Crippen LogP contribution in [0.4, 0.5) is 0 Å². The number of aryl methyl sites for hydroxylation is 1. The molecule has 0 amide bonds. The van der Waals surface area contributed by atoms with Gasteiger partial charge in [0.15, 0.2) is 0 Å². The van der Waals surface area contributed by atoms with E-state index >= 15 is 0 Å². The Kier molecular flexibility index (Phi) is 5.40. The molecule has 0 fully saturated rings. The molecule has 0 bridgehead atoms. The molecule has 84 valence electrons. The van der Waals surface area contributed by atoms with Crippen molar-refractivity contribution in [1.29, 1.82) is 0 Å². The third-order valence-corrected chi connectivity index (χ3v) is 3.41. The second-order valence-electron chi connectivity index (χ2n) is 3.96. The van der Waals surface area contributed by atoms with Crippen molar-refractivity contribution in [2.75, 3.05) is 5.75 Å². The molecule has 0 saturated carbocycles. The molecular formula is C11H17ClN2S. The summed E-state index contributed by atoms with van der Waals surface area (Å²) in [4.78, 5) is 8.77. The lowest BCUT2D eigenvalue weighted by atomic mass is 10.3. The Labute approximate surface area is 101 Å². The van der Waals surface area contributed by atoms with Gasteiger partial charge in [0.1, 0.15) is 5.82 Å². The SMILES string of the molecule is Cc1cc(CCl)nc(CSCC(C)C)n1. The van der Waals surface area contributed by atoms with Gasteiger partial charge in [-0.05, 0) is 24.7 Å². The number of hydrogen-bond acceptors (Lipinski definition) is 3. The smallest absolute Gasteiger partial charge is 0.138 e. The van der Waals surface area contributed by atoms with E-state index in [9.17, 15) is 0 Å². The van der Waals surface area contributed by atoms with Crippen molar-refractivity contribution in [2.24, 2.45) is 5.92 Å². The average molecular weight is 245 g/mol.